The van der Waals surface area contributed by atoms with E-state index in [-0.39, 0.29) is 0 Å². The molecule has 1 aromatic heterocycles. The highest BCUT2D eigenvalue weighted by molar-refractivity contribution is 9.10. The van der Waals surface area contributed by atoms with E-state index in [1.807, 2.05) is 37.4 Å². The van der Waals surface area contributed by atoms with Gasteiger partial charge in [-0.3, -0.25) is 0 Å². The van der Waals surface area contributed by atoms with Crippen LogP contribution in [0.25, 0.3) is 0 Å². The van der Waals surface area contributed by atoms with E-state index in [1.54, 1.807) is 0 Å². The minimum Gasteiger partial charge on any atom is -0.439 e. The van der Waals surface area contributed by atoms with Crippen LogP contribution >= 0.6 is 15.9 Å². The number of rotatable bonds is 5. The molecule has 3 rings (SSSR count). The van der Waals surface area contributed by atoms with Gasteiger partial charge < -0.3 is 10.1 Å². The van der Waals surface area contributed by atoms with E-state index in [0.717, 1.165) is 22.3 Å². The number of hydrogen-bond acceptors (Lipinski definition) is 3. The molecule has 1 heterocycles. The second-order valence-electron chi connectivity index (χ2n) is 5.18. The minimum atomic E-state index is 0.665. The van der Waals surface area contributed by atoms with Gasteiger partial charge in [0.05, 0.1) is 0 Å². The predicted molar refractivity (Wildman–Crippen MR) is 83.1 cm³/mol. The molecular formula is C16H17BrN2O. The van der Waals surface area contributed by atoms with E-state index < -0.39 is 0 Å². The van der Waals surface area contributed by atoms with Crippen LogP contribution in [0.1, 0.15) is 24.0 Å². The third-order valence-electron chi connectivity index (χ3n) is 3.27. The molecule has 0 bridgehead atoms. The second kappa shape index (κ2) is 5.94. The van der Waals surface area contributed by atoms with Crippen LogP contribution in [-0.2, 0) is 6.54 Å². The lowest BCUT2D eigenvalue weighted by Gasteiger charge is -2.10. The smallest absolute Gasteiger partial charge is 0.222 e. The van der Waals surface area contributed by atoms with Crippen molar-refractivity contribution in [1.82, 2.24) is 10.3 Å². The molecule has 0 aliphatic heterocycles. The van der Waals surface area contributed by atoms with Gasteiger partial charge >= 0.3 is 0 Å². The Balaban J connectivity index is 1.69. The van der Waals surface area contributed by atoms with Crippen molar-refractivity contribution in [3.63, 3.8) is 0 Å². The van der Waals surface area contributed by atoms with E-state index in [1.165, 1.54) is 18.4 Å². The molecule has 1 saturated carbocycles. The summed E-state index contributed by atoms with van der Waals surface area (Å²) in [6.07, 6.45) is 4.49. The van der Waals surface area contributed by atoms with Crippen molar-refractivity contribution >= 4 is 15.9 Å². The molecule has 0 saturated heterocycles. The zero-order valence-electron chi connectivity index (χ0n) is 11.4. The number of nitrogens with one attached hydrogen (secondary N) is 1. The van der Waals surface area contributed by atoms with Crippen LogP contribution < -0.4 is 10.1 Å². The first kappa shape index (κ1) is 13.6. The minimum absolute atomic E-state index is 0.665. The number of aryl methyl sites for hydroxylation is 1. The van der Waals surface area contributed by atoms with E-state index in [0.29, 0.717) is 11.9 Å². The fourth-order valence-electron chi connectivity index (χ4n) is 2.02. The summed E-state index contributed by atoms with van der Waals surface area (Å²) in [7, 11) is 0. The Morgan fingerprint density at radius 2 is 2.20 bits per heavy atom. The summed E-state index contributed by atoms with van der Waals surface area (Å²) in [4.78, 5) is 4.42. The molecule has 0 unspecified atom stereocenters. The first-order valence-electron chi connectivity index (χ1n) is 6.83. The molecule has 104 valence electrons. The first-order valence-corrected chi connectivity index (χ1v) is 7.62. The van der Waals surface area contributed by atoms with Gasteiger partial charge in [0.1, 0.15) is 5.75 Å². The largest absolute Gasteiger partial charge is 0.439 e. The van der Waals surface area contributed by atoms with Crippen molar-refractivity contribution in [3.8, 4) is 11.6 Å². The fraction of sp³-hybridized carbons (Fsp3) is 0.312. The predicted octanol–water partition coefficient (Wildman–Crippen LogP) is 4.20. The van der Waals surface area contributed by atoms with Crippen LogP contribution in [0.15, 0.2) is 41.0 Å². The lowest BCUT2D eigenvalue weighted by molar-refractivity contribution is 0.458. The van der Waals surface area contributed by atoms with Crippen molar-refractivity contribution in [3.05, 3.63) is 52.1 Å². The van der Waals surface area contributed by atoms with Gasteiger partial charge in [-0.05, 0) is 49.6 Å². The quantitative estimate of drug-likeness (QED) is 0.891. The molecule has 0 radical (unpaired) electrons. The average Bonchev–Trinajstić information content (AvgIpc) is 3.23. The zero-order chi connectivity index (χ0) is 13.9. The summed E-state index contributed by atoms with van der Waals surface area (Å²) < 4.78 is 6.82. The van der Waals surface area contributed by atoms with Crippen molar-refractivity contribution in [2.75, 3.05) is 0 Å². The summed E-state index contributed by atoms with van der Waals surface area (Å²) in [5, 5.41) is 3.49. The Hall–Kier alpha value is -1.39. The highest BCUT2D eigenvalue weighted by Gasteiger charge is 2.20. The van der Waals surface area contributed by atoms with Gasteiger partial charge in [-0.15, -0.1) is 0 Å². The van der Waals surface area contributed by atoms with Crippen molar-refractivity contribution in [2.24, 2.45) is 0 Å². The third kappa shape index (κ3) is 3.58. The molecule has 0 spiro atoms. The number of benzene rings is 1. The van der Waals surface area contributed by atoms with Crippen molar-refractivity contribution in [2.45, 2.75) is 32.4 Å². The molecule has 20 heavy (non-hydrogen) atoms. The Labute approximate surface area is 127 Å². The Bertz CT molecular complexity index is 611. The summed E-state index contributed by atoms with van der Waals surface area (Å²) in [5.41, 5.74) is 2.26. The van der Waals surface area contributed by atoms with Gasteiger partial charge in [0.2, 0.25) is 5.88 Å². The molecule has 3 nitrogen and oxygen atoms in total. The molecule has 0 amide bonds. The van der Waals surface area contributed by atoms with Gasteiger partial charge in [-0.25, -0.2) is 4.98 Å². The Morgan fingerprint density at radius 3 is 2.90 bits per heavy atom. The number of ether oxygens (including phenoxy) is 1. The van der Waals surface area contributed by atoms with Crippen molar-refractivity contribution in [1.29, 1.82) is 0 Å². The van der Waals surface area contributed by atoms with E-state index in [4.69, 9.17) is 4.74 Å². The van der Waals surface area contributed by atoms with Gasteiger partial charge in [-0.1, -0.05) is 22.0 Å². The lowest BCUT2D eigenvalue weighted by Crippen LogP contribution is -2.15. The number of hydrogen-bond donors (Lipinski definition) is 1. The van der Waals surface area contributed by atoms with Crippen LogP contribution in [0, 0.1) is 6.92 Å². The molecule has 1 aliphatic rings. The molecule has 1 aromatic carbocycles. The Morgan fingerprint density at radius 1 is 1.35 bits per heavy atom. The molecule has 4 heteroatoms. The summed E-state index contributed by atoms with van der Waals surface area (Å²) >= 11 is 3.44. The topological polar surface area (TPSA) is 34.2 Å². The van der Waals surface area contributed by atoms with E-state index in [9.17, 15) is 0 Å². The normalized spacial score (nSPS) is 14.3. The molecule has 0 atom stereocenters. The monoisotopic (exact) mass is 332 g/mol. The summed E-state index contributed by atoms with van der Waals surface area (Å²) in [5.74, 6) is 1.46. The molecular weight excluding hydrogens is 316 g/mol. The Kier molecular flexibility index (Phi) is 4.03. The van der Waals surface area contributed by atoms with Crippen LogP contribution in [0.5, 0.6) is 11.6 Å². The van der Waals surface area contributed by atoms with Gasteiger partial charge in [0.15, 0.2) is 0 Å². The standard InChI is InChI=1S/C16H17BrN2O/c1-11-7-12(9-18-14-5-6-14)10-19-16(11)20-15-4-2-3-13(17)8-15/h2-4,7-8,10,14,18H,5-6,9H2,1H3. The summed E-state index contributed by atoms with van der Waals surface area (Å²) in [6, 6.07) is 10.6. The highest BCUT2D eigenvalue weighted by atomic mass is 79.9. The molecule has 1 N–H and O–H groups in total. The molecule has 1 aliphatic carbocycles. The van der Waals surface area contributed by atoms with Gasteiger partial charge in [0.25, 0.3) is 0 Å². The fourth-order valence-corrected chi connectivity index (χ4v) is 2.39. The summed E-state index contributed by atoms with van der Waals surface area (Å²) in [6.45, 7) is 2.91. The maximum atomic E-state index is 5.82. The van der Waals surface area contributed by atoms with Crippen LogP contribution in [0.3, 0.4) is 0 Å². The lowest BCUT2D eigenvalue weighted by atomic mass is 10.2. The maximum absolute atomic E-state index is 5.82. The zero-order valence-corrected chi connectivity index (χ0v) is 13.0. The highest BCUT2D eigenvalue weighted by Crippen LogP contribution is 2.26. The van der Waals surface area contributed by atoms with Gasteiger partial charge in [-0.2, -0.15) is 0 Å². The third-order valence-corrected chi connectivity index (χ3v) is 3.76. The van der Waals surface area contributed by atoms with Gasteiger partial charge in [0, 0.05) is 28.8 Å². The first-order chi connectivity index (χ1) is 9.70. The number of aromatic nitrogens is 1. The number of pyridine rings is 1. The maximum Gasteiger partial charge on any atom is 0.222 e. The SMILES string of the molecule is Cc1cc(CNC2CC2)cnc1Oc1cccc(Br)c1. The molecule has 1 fully saturated rings. The average molecular weight is 333 g/mol. The van der Waals surface area contributed by atoms with E-state index >= 15 is 0 Å². The van der Waals surface area contributed by atoms with Crippen LogP contribution in [-0.4, -0.2) is 11.0 Å². The van der Waals surface area contributed by atoms with Crippen molar-refractivity contribution < 1.29 is 4.74 Å². The number of nitrogens with zero attached hydrogens (tertiary/aromatic N) is 1. The van der Waals surface area contributed by atoms with Crippen LogP contribution in [0.2, 0.25) is 0 Å². The van der Waals surface area contributed by atoms with E-state index in [2.05, 4.69) is 32.3 Å². The number of halogens is 1. The second-order valence-corrected chi connectivity index (χ2v) is 6.10. The molecule has 2 aromatic rings. The van der Waals surface area contributed by atoms with Crippen LogP contribution in [0.4, 0.5) is 0 Å².